The molecule has 0 aliphatic heterocycles. The van der Waals surface area contributed by atoms with Crippen molar-refractivity contribution in [2.24, 2.45) is 33.9 Å². The van der Waals surface area contributed by atoms with Crippen LogP contribution in [-0.4, -0.2) is 26.1 Å². The Morgan fingerprint density at radius 3 is 2.18 bits per heavy atom. The van der Waals surface area contributed by atoms with Gasteiger partial charge in [0.15, 0.2) is 0 Å². The maximum atomic E-state index is 6.31. The molecule has 4 aliphatic rings. The zero-order chi connectivity index (χ0) is 11.9. The van der Waals surface area contributed by atoms with Gasteiger partial charge in [-0.1, -0.05) is 0 Å². The van der Waals surface area contributed by atoms with E-state index in [4.69, 9.17) is 10.5 Å². The van der Waals surface area contributed by atoms with E-state index in [9.17, 15) is 0 Å². The average molecular weight is 236 g/mol. The van der Waals surface area contributed by atoms with Crippen LogP contribution in [0.5, 0.6) is 0 Å². The molecule has 0 aromatic carbocycles. The summed E-state index contributed by atoms with van der Waals surface area (Å²) in [5.41, 5.74) is 6.59. The first-order chi connectivity index (χ1) is 8.22. The van der Waals surface area contributed by atoms with E-state index in [1.807, 2.05) is 0 Å². The predicted molar refractivity (Wildman–Crippen MR) is 69.0 cm³/mol. The summed E-state index contributed by atoms with van der Waals surface area (Å²) < 4.78 is 5.05. The number of ether oxygens (including phenoxy) is 1. The monoisotopic (exact) mass is 236 g/mol. The molecule has 0 aromatic heterocycles. The van der Waals surface area contributed by atoms with Gasteiger partial charge >= 0.3 is 0 Å². The molecule has 0 amide bonds. The smallest absolute Gasteiger partial charge is 0.100 e. The molecule has 0 radical (unpaired) electrons. The molecule has 0 heterocycles. The van der Waals surface area contributed by atoms with E-state index in [1.165, 1.54) is 38.5 Å². The van der Waals surface area contributed by atoms with Crippen molar-refractivity contribution in [1.82, 2.24) is 0 Å². The molecule has 0 spiro atoms. The minimum absolute atomic E-state index is 0.280. The maximum Gasteiger partial charge on any atom is 0.100 e. The Labute approximate surface area is 104 Å². The van der Waals surface area contributed by atoms with Gasteiger partial charge in [-0.15, -0.1) is 0 Å². The predicted octanol–water partition coefficient (Wildman–Crippen LogP) is 2.21. The third kappa shape index (κ3) is 1.99. The molecule has 0 atom stereocenters. The first-order valence-electron chi connectivity index (χ1n) is 7.01. The van der Waals surface area contributed by atoms with E-state index in [1.54, 1.807) is 7.11 Å². The lowest BCUT2D eigenvalue weighted by Gasteiger charge is -2.56. The minimum Gasteiger partial charge on any atom is -0.387 e. The summed E-state index contributed by atoms with van der Waals surface area (Å²) in [7, 11) is 1.72. The van der Waals surface area contributed by atoms with Crippen molar-refractivity contribution in [2.75, 3.05) is 20.3 Å². The number of amidine groups is 1. The lowest BCUT2D eigenvalue weighted by molar-refractivity contribution is -0.0131. The van der Waals surface area contributed by atoms with Gasteiger partial charge in [0.05, 0.1) is 13.2 Å². The van der Waals surface area contributed by atoms with Crippen molar-refractivity contribution in [2.45, 2.75) is 38.5 Å². The molecule has 4 aliphatic carbocycles. The van der Waals surface area contributed by atoms with E-state index in [0.717, 1.165) is 30.1 Å². The van der Waals surface area contributed by atoms with Gasteiger partial charge in [-0.2, -0.15) is 0 Å². The Bertz CT molecular complexity index is 289. The third-order valence-corrected chi connectivity index (χ3v) is 5.16. The lowest BCUT2D eigenvalue weighted by Crippen LogP contribution is -2.52. The topological polar surface area (TPSA) is 47.6 Å². The Morgan fingerprint density at radius 1 is 1.18 bits per heavy atom. The fourth-order valence-corrected chi connectivity index (χ4v) is 4.85. The van der Waals surface area contributed by atoms with E-state index in [-0.39, 0.29) is 5.41 Å². The highest BCUT2D eigenvalue weighted by Crippen LogP contribution is 2.60. The van der Waals surface area contributed by atoms with Gasteiger partial charge in [0, 0.05) is 12.5 Å². The maximum absolute atomic E-state index is 6.31. The van der Waals surface area contributed by atoms with Crippen LogP contribution >= 0.6 is 0 Å². The number of hydrogen-bond acceptors (Lipinski definition) is 2. The second-order valence-electron chi connectivity index (χ2n) is 6.46. The van der Waals surface area contributed by atoms with Gasteiger partial charge in [0.25, 0.3) is 0 Å². The van der Waals surface area contributed by atoms with Crippen LogP contribution in [0, 0.1) is 23.2 Å². The summed E-state index contributed by atoms with van der Waals surface area (Å²) in [5, 5.41) is 0. The first-order valence-corrected chi connectivity index (χ1v) is 7.01. The van der Waals surface area contributed by atoms with Crippen molar-refractivity contribution in [3.63, 3.8) is 0 Å². The van der Waals surface area contributed by atoms with Gasteiger partial charge < -0.3 is 10.5 Å². The van der Waals surface area contributed by atoms with Crippen LogP contribution in [0.15, 0.2) is 4.99 Å². The second-order valence-corrected chi connectivity index (χ2v) is 6.46. The highest BCUT2D eigenvalue weighted by atomic mass is 16.5. The van der Waals surface area contributed by atoms with Crippen molar-refractivity contribution >= 4 is 5.84 Å². The van der Waals surface area contributed by atoms with Crippen molar-refractivity contribution in [3.05, 3.63) is 0 Å². The summed E-state index contributed by atoms with van der Waals surface area (Å²) in [6.45, 7) is 1.41. The zero-order valence-corrected chi connectivity index (χ0v) is 10.8. The second kappa shape index (κ2) is 4.27. The minimum atomic E-state index is 0.280. The molecule has 4 saturated carbocycles. The molecule has 3 nitrogen and oxygen atoms in total. The van der Waals surface area contributed by atoms with Gasteiger partial charge in [-0.05, 0) is 56.3 Å². The molecule has 0 aromatic rings. The molecule has 96 valence electrons. The number of nitrogens with zero attached hydrogens (tertiary/aromatic N) is 1. The van der Waals surface area contributed by atoms with E-state index < -0.39 is 0 Å². The summed E-state index contributed by atoms with van der Waals surface area (Å²) >= 11 is 0. The number of rotatable bonds is 4. The highest BCUT2D eigenvalue weighted by molar-refractivity contribution is 5.87. The van der Waals surface area contributed by atoms with Gasteiger partial charge in [-0.3, -0.25) is 4.99 Å². The Kier molecular flexibility index (Phi) is 2.89. The highest BCUT2D eigenvalue weighted by Gasteiger charge is 2.52. The fraction of sp³-hybridized carbons (Fsp3) is 0.929. The summed E-state index contributed by atoms with van der Waals surface area (Å²) in [4.78, 5) is 4.57. The van der Waals surface area contributed by atoms with Crippen LogP contribution in [0.3, 0.4) is 0 Å². The summed E-state index contributed by atoms with van der Waals surface area (Å²) in [6, 6.07) is 0. The zero-order valence-electron chi connectivity index (χ0n) is 10.8. The van der Waals surface area contributed by atoms with E-state index in [2.05, 4.69) is 4.99 Å². The normalized spacial score (nSPS) is 44.3. The number of methoxy groups -OCH3 is 1. The lowest BCUT2D eigenvalue weighted by atomic mass is 9.49. The Morgan fingerprint density at radius 2 is 1.71 bits per heavy atom. The van der Waals surface area contributed by atoms with Crippen molar-refractivity contribution in [3.8, 4) is 0 Å². The molecule has 0 unspecified atom stereocenters. The number of nitrogens with two attached hydrogens (primary N) is 1. The quantitative estimate of drug-likeness (QED) is 0.462. The molecule has 17 heavy (non-hydrogen) atoms. The van der Waals surface area contributed by atoms with Crippen LogP contribution in [0.1, 0.15) is 38.5 Å². The number of aliphatic imine (C=N–C) groups is 1. The summed E-state index contributed by atoms with van der Waals surface area (Å²) in [6.07, 6.45) is 8.31. The average Bonchev–Trinajstić information content (AvgIpc) is 2.27. The van der Waals surface area contributed by atoms with Crippen molar-refractivity contribution < 1.29 is 4.74 Å². The standard InChI is InChI=1S/C14H24N2O/c1-17-3-2-16-13(15)14-7-10-4-11(8-14)6-12(5-10)9-14/h10-12H,2-9H2,1H3,(H2,15,16). The van der Waals surface area contributed by atoms with E-state index >= 15 is 0 Å². The van der Waals surface area contributed by atoms with Crippen LogP contribution in [0.4, 0.5) is 0 Å². The molecule has 4 bridgehead atoms. The van der Waals surface area contributed by atoms with Crippen molar-refractivity contribution in [1.29, 1.82) is 0 Å². The molecule has 2 N–H and O–H groups in total. The molecule has 3 heteroatoms. The fourth-order valence-electron chi connectivity index (χ4n) is 4.85. The molecule has 0 saturated heterocycles. The van der Waals surface area contributed by atoms with Crippen LogP contribution < -0.4 is 5.73 Å². The Hall–Kier alpha value is -0.570. The summed E-state index contributed by atoms with van der Waals surface area (Å²) in [5.74, 6) is 3.76. The van der Waals surface area contributed by atoms with Crippen LogP contribution in [-0.2, 0) is 4.74 Å². The SMILES string of the molecule is COCCN=C(N)C12CC3CC(CC(C3)C1)C2. The number of hydrogen-bond donors (Lipinski definition) is 1. The van der Waals surface area contributed by atoms with Gasteiger partial charge in [0.2, 0.25) is 0 Å². The van der Waals surface area contributed by atoms with Gasteiger partial charge in [-0.25, -0.2) is 0 Å². The molecule has 4 rings (SSSR count). The third-order valence-electron chi connectivity index (χ3n) is 5.16. The van der Waals surface area contributed by atoms with Gasteiger partial charge in [0.1, 0.15) is 5.84 Å². The molecular formula is C14H24N2O. The first kappa shape index (κ1) is 11.5. The Balaban J connectivity index is 1.75. The van der Waals surface area contributed by atoms with E-state index in [0.29, 0.717) is 6.61 Å². The van der Waals surface area contributed by atoms with Crippen LogP contribution in [0.2, 0.25) is 0 Å². The largest absolute Gasteiger partial charge is 0.387 e. The van der Waals surface area contributed by atoms with Crippen LogP contribution in [0.25, 0.3) is 0 Å². The molecule has 4 fully saturated rings. The molecular weight excluding hydrogens is 212 g/mol.